The molecule has 38 heavy (non-hydrogen) atoms. The second-order valence-corrected chi connectivity index (χ2v) is 15.5. The Labute approximate surface area is 228 Å². The second-order valence-electron chi connectivity index (χ2n) is 15.5. The number of carbonyl (C=O) groups is 2. The smallest absolute Gasteiger partial charge is 0.303 e. The van der Waals surface area contributed by atoms with E-state index in [1.54, 1.807) is 0 Å². The van der Waals surface area contributed by atoms with Gasteiger partial charge in [-0.1, -0.05) is 27.2 Å². The molecule has 4 aliphatic carbocycles. The van der Waals surface area contributed by atoms with Gasteiger partial charge in [0.15, 0.2) is 17.7 Å². The topological polar surface area (TPSA) is 73.9 Å². The maximum absolute atomic E-state index is 14.6. The lowest BCUT2D eigenvalue weighted by Crippen LogP contribution is -2.81. The number of hydrogen-bond acceptors (Lipinski definition) is 6. The third-order valence-corrected chi connectivity index (χ3v) is 13.8. The molecule has 0 amide bonds. The van der Waals surface area contributed by atoms with Crippen LogP contribution in [0, 0.1) is 45.3 Å². The van der Waals surface area contributed by atoms with Gasteiger partial charge < -0.3 is 19.5 Å². The summed E-state index contributed by atoms with van der Waals surface area (Å²) in [7, 11) is 0. The van der Waals surface area contributed by atoms with Gasteiger partial charge in [0.25, 0.3) is 0 Å². The summed E-state index contributed by atoms with van der Waals surface area (Å²) in [5, 5.41) is 4.32. The zero-order chi connectivity index (χ0) is 26.9. The standard InChI is InChI=1S/C32H49NO5/c1-18(2)20-9-13-29(5)21-10-15-31-12-7-8-23(31)32(29,25(20)33-26(21)31)16-22(37-19(3)34)27(35)28(4)17-36-30(6)14-11-24(28)38-30/h18,20-26,33H,7-17H2,1-6H3. The van der Waals surface area contributed by atoms with Crippen LogP contribution >= 0.6 is 0 Å². The van der Waals surface area contributed by atoms with Gasteiger partial charge in [0.05, 0.1) is 18.1 Å². The van der Waals surface area contributed by atoms with E-state index >= 15 is 0 Å². The van der Waals surface area contributed by atoms with Crippen LogP contribution in [0.15, 0.2) is 0 Å². The molecule has 4 saturated heterocycles. The summed E-state index contributed by atoms with van der Waals surface area (Å²) in [5.74, 6) is 1.51. The molecule has 1 spiro atoms. The molecule has 0 aromatic carbocycles. The van der Waals surface area contributed by atoms with Crippen LogP contribution in [0.25, 0.3) is 0 Å². The third-order valence-electron chi connectivity index (χ3n) is 13.8. The average molecular weight is 528 g/mol. The first-order valence-electron chi connectivity index (χ1n) is 15.7. The van der Waals surface area contributed by atoms with Crippen molar-refractivity contribution in [1.82, 2.24) is 5.32 Å². The minimum Gasteiger partial charge on any atom is -0.454 e. The fraction of sp³-hybridized carbons (Fsp3) is 0.938. The molecule has 8 rings (SSSR count). The minimum absolute atomic E-state index is 0.0193. The monoisotopic (exact) mass is 527 g/mol. The molecule has 8 bridgehead atoms. The van der Waals surface area contributed by atoms with E-state index in [1.807, 2.05) is 13.8 Å². The lowest BCUT2D eigenvalue weighted by atomic mass is 9.33. The van der Waals surface area contributed by atoms with Crippen LogP contribution < -0.4 is 5.32 Å². The number of hydrogen-bond donors (Lipinski definition) is 1. The van der Waals surface area contributed by atoms with Crippen LogP contribution in [0.4, 0.5) is 0 Å². The first kappa shape index (κ1) is 26.0. The van der Waals surface area contributed by atoms with Crippen molar-refractivity contribution in [2.75, 3.05) is 6.61 Å². The molecule has 4 heterocycles. The van der Waals surface area contributed by atoms with Crippen LogP contribution in [0.1, 0.15) is 106 Å². The number of ketones is 1. The lowest BCUT2D eigenvalue weighted by Gasteiger charge is -2.76. The summed E-state index contributed by atoms with van der Waals surface area (Å²) in [6.45, 7) is 13.1. The summed E-state index contributed by atoms with van der Waals surface area (Å²) in [6, 6.07) is 0.995. The molecule has 12 unspecified atom stereocenters. The molecule has 0 aromatic heterocycles. The van der Waals surface area contributed by atoms with E-state index in [0.717, 1.165) is 12.8 Å². The van der Waals surface area contributed by atoms with Gasteiger partial charge >= 0.3 is 5.97 Å². The van der Waals surface area contributed by atoms with Crippen molar-refractivity contribution in [2.24, 2.45) is 45.3 Å². The van der Waals surface area contributed by atoms with Gasteiger partial charge in [-0.2, -0.15) is 0 Å². The van der Waals surface area contributed by atoms with Gasteiger partial charge in [-0.05, 0) is 105 Å². The maximum Gasteiger partial charge on any atom is 0.303 e. The Morgan fingerprint density at radius 3 is 2.53 bits per heavy atom. The summed E-state index contributed by atoms with van der Waals surface area (Å²) in [4.78, 5) is 27.3. The molecule has 0 radical (unpaired) electrons. The molecular formula is C32H49NO5. The predicted octanol–water partition coefficient (Wildman–Crippen LogP) is 5.42. The van der Waals surface area contributed by atoms with Crippen molar-refractivity contribution in [1.29, 1.82) is 0 Å². The minimum atomic E-state index is -0.800. The first-order valence-corrected chi connectivity index (χ1v) is 15.7. The molecule has 8 aliphatic rings. The van der Waals surface area contributed by atoms with Crippen molar-refractivity contribution < 1.29 is 23.8 Å². The molecule has 8 fully saturated rings. The van der Waals surface area contributed by atoms with Gasteiger partial charge in [-0.3, -0.25) is 9.59 Å². The fourth-order valence-corrected chi connectivity index (χ4v) is 12.1. The Bertz CT molecular complexity index is 1040. The summed E-state index contributed by atoms with van der Waals surface area (Å²) in [6.07, 6.45) is 10.3. The highest BCUT2D eigenvalue weighted by Crippen LogP contribution is 2.81. The van der Waals surface area contributed by atoms with Crippen molar-refractivity contribution in [3.05, 3.63) is 0 Å². The van der Waals surface area contributed by atoms with E-state index in [1.165, 1.54) is 51.9 Å². The number of Topliss-reactive ketones (excluding diaryl/α,β-unsaturated/α-hetero) is 1. The molecule has 6 heteroatoms. The van der Waals surface area contributed by atoms with E-state index in [2.05, 4.69) is 26.1 Å². The van der Waals surface area contributed by atoms with Crippen molar-refractivity contribution in [3.63, 3.8) is 0 Å². The summed E-state index contributed by atoms with van der Waals surface area (Å²) >= 11 is 0. The Morgan fingerprint density at radius 1 is 1.00 bits per heavy atom. The Balaban J connectivity index is 1.33. The van der Waals surface area contributed by atoms with Gasteiger partial charge in [0.1, 0.15) is 0 Å². The van der Waals surface area contributed by atoms with E-state index in [-0.39, 0.29) is 28.7 Å². The molecule has 0 aromatic rings. The normalized spacial score (nSPS) is 54.7. The van der Waals surface area contributed by atoms with Crippen LogP contribution in [0.5, 0.6) is 0 Å². The average Bonchev–Trinajstić information content (AvgIpc) is 3.54. The molecule has 4 aliphatic heterocycles. The second kappa shape index (κ2) is 8.06. The molecular weight excluding hydrogens is 478 g/mol. The number of ether oxygens (including phenoxy) is 3. The van der Waals surface area contributed by atoms with Crippen molar-refractivity contribution in [2.45, 2.75) is 136 Å². The first-order chi connectivity index (χ1) is 17.9. The molecule has 6 nitrogen and oxygen atoms in total. The largest absolute Gasteiger partial charge is 0.454 e. The molecule has 212 valence electrons. The van der Waals surface area contributed by atoms with Crippen LogP contribution in [-0.2, 0) is 23.8 Å². The third kappa shape index (κ3) is 3.01. The summed E-state index contributed by atoms with van der Waals surface area (Å²) in [5.41, 5.74) is -0.318. The quantitative estimate of drug-likeness (QED) is 0.465. The lowest BCUT2D eigenvalue weighted by molar-refractivity contribution is -0.285. The van der Waals surface area contributed by atoms with Gasteiger partial charge in [0, 0.05) is 25.4 Å². The van der Waals surface area contributed by atoms with E-state index in [9.17, 15) is 9.59 Å². The van der Waals surface area contributed by atoms with Crippen molar-refractivity contribution in [3.8, 4) is 0 Å². The number of carbonyl (C=O) groups excluding carboxylic acids is 2. The fourth-order valence-electron chi connectivity index (χ4n) is 12.1. The Hall–Kier alpha value is -0.980. The number of fused-ring (bicyclic) bond motifs is 2. The van der Waals surface area contributed by atoms with Crippen molar-refractivity contribution >= 4 is 11.8 Å². The van der Waals surface area contributed by atoms with Crippen LogP contribution in [-0.4, -0.2) is 48.4 Å². The predicted molar refractivity (Wildman–Crippen MR) is 143 cm³/mol. The number of rotatable bonds is 6. The Morgan fingerprint density at radius 2 is 1.79 bits per heavy atom. The van der Waals surface area contributed by atoms with E-state index in [4.69, 9.17) is 14.2 Å². The van der Waals surface area contributed by atoms with Crippen LogP contribution in [0.2, 0.25) is 0 Å². The van der Waals surface area contributed by atoms with Crippen LogP contribution in [0.3, 0.4) is 0 Å². The van der Waals surface area contributed by atoms with E-state index in [0.29, 0.717) is 54.2 Å². The zero-order valence-corrected chi connectivity index (χ0v) is 24.4. The maximum atomic E-state index is 14.6. The molecule has 12 atom stereocenters. The molecule has 1 N–H and O–H groups in total. The highest BCUT2D eigenvalue weighted by atomic mass is 16.7. The van der Waals surface area contributed by atoms with Gasteiger partial charge in [0.2, 0.25) is 0 Å². The highest BCUT2D eigenvalue weighted by Gasteiger charge is 2.80. The van der Waals surface area contributed by atoms with E-state index < -0.39 is 17.3 Å². The summed E-state index contributed by atoms with van der Waals surface area (Å²) < 4.78 is 18.6. The number of esters is 1. The molecule has 4 saturated carbocycles. The zero-order valence-electron chi connectivity index (χ0n) is 24.4. The number of nitrogens with one attached hydrogen (secondary N) is 1. The highest BCUT2D eigenvalue weighted by molar-refractivity contribution is 5.91. The number of piperidine rings is 2. The Kier molecular flexibility index (Phi) is 5.51. The van der Waals surface area contributed by atoms with Gasteiger partial charge in [-0.25, -0.2) is 0 Å². The SMILES string of the molecule is CC(=O)OC(CC12C3NC4C(CCC45CCCC51)C2(C)CCC3C(C)C)C(=O)C1(C)COC2(C)CCC1O2. The van der Waals surface area contributed by atoms with Gasteiger partial charge in [-0.15, -0.1) is 0 Å².